The summed E-state index contributed by atoms with van der Waals surface area (Å²) in [6.07, 6.45) is 2.26. The number of hydrogen-bond acceptors (Lipinski definition) is 1. The maximum atomic E-state index is 6.10. The minimum atomic E-state index is 0.293. The molecule has 2 heteroatoms. The van der Waals surface area contributed by atoms with Gasteiger partial charge in [-0.05, 0) is 27.7 Å². The van der Waals surface area contributed by atoms with Crippen molar-refractivity contribution in [3.8, 4) is 0 Å². The van der Waals surface area contributed by atoms with Crippen LogP contribution in [0.15, 0.2) is 0 Å². The Balaban J connectivity index is 3.03. The van der Waals surface area contributed by atoms with Crippen LogP contribution < -0.4 is 5.73 Å². The summed E-state index contributed by atoms with van der Waals surface area (Å²) in [6, 6.07) is 0.371. The average Bonchev–Trinajstić information content (AvgIpc) is 1.80. The molecule has 0 aromatic heterocycles. The first-order valence-corrected chi connectivity index (χ1v) is 5.20. The molecule has 1 aliphatic heterocycles. The molecule has 1 aliphatic rings. The molecule has 1 saturated heterocycles. The molecule has 0 saturated carbocycles. The van der Waals surface area contributed by atoms with E-state index in [0.717, 1.165) is 17.3 Å². The lowest BCUT2D eigenvalue weighted by Gasteiger charge is -2.59. The summed E-state index contributed by atoms with van der Waals surface area (Å²) in [6.45, 7) is 9.31. The summed E-state index contributed by atoms with van der Waals surface area (Å²) in [4.78, 5) is 0. The topological polar surface area (TPSA) is 26.0 Å². The van der Waals surface area contributed by atoms with Gasteiger partial charge in [-0.3, -0.25) is 0 Å². The summed E-state index contributed by atoms with van der Waals surface area (Å²) >= 11 is 0. The predicted molar refractivity (Wildman–Crippen MR) is 57.5 cm³/mol. The van der Waals surface area contributed by atoms with Gasteiger partial charge in [-0.2, -0.15) is 0 Å². The fourth-order valence-corrected chi connectivity index (χ4v) is 2.63. The zero-order valence-corrected chi connectivity index (χ0v) is 10.0. The molecule has 1 fully saturated rings. The van der Waals surface area contributed by atoms with Crippen molar-refractivity contribution < 1.29 is 4.48 Å². The van der Waals surface area contributed by atoms with E-state index in [1.807, 2.05) is 0 Å². The number of piperidine rings is 1. The third-order valence-electron chi connectivity index (χ3n) is 4.55. The molecule has 0 radical (unpaired) electrons. The highest BCUT2D eigenvalue weighted by atomic mass is 15.4. The molecule has 0 spiro atoms. The van der Waals surface area contributed by atoms with E-state index in [4.69, 9.17) is 5.73 Å². The molecule has 1 heterocycles. The van der Waals surface area contributed by atoms with Crippen LogP contribution in [-0.2, 0) is 0 Å². The molecule has 0 unspecified atom stereocenters. The van der Waals surface area contributed by atoms with Gasteiger partial charge in [-0.15, -0.1) is 0 Å². The van der Waals surface area contributed by atoms with Gasteiger partial charge < -0.3 is 10.2 Å². The second-order valence-corrected chi connectivity index (χ2v) is 6.25. The lowest BCUT2D eigenvalue weighted by Crippen LogP contribution is -2.72. The smallest absolute Gasteiger partial charge is 0.0950 e. The summed E-state index contributed by atoms with van der Waals surface area (Å²) in [5.74, 6) is 0. The van der Waals surface area contributed by atoms with Crippen LogP contribution in [-0.4, -0.2) is 35.7 Å². The van der Waals surface area contributed by atoms with E-state index >= 15 is 0 Å². The average molecular weight is 185 g/mol. The molecular weight excluding hydrogens is 160 g/mol. The Hall–Kier alpha value is -0.0800. The van der Waals surface area contributed by atoms with E-state index in [-0.39, 0.29) is 0 Å². The molecule has 0 bridgehead atoms. The molecule has 13 heavy (non-hydrogen) atoms. The van der Waals surface area contributed by atoms with E-state index in [0.29, 0.717) is 17.1 Å². The molecule has 78 valence electrons. The Labute approximate surface area is 82.7 Å². The summed E-state index contributed by atoms with van der Waals surface area (Å²) < 4.78 is 1.06. The highest BCUT2D eigenvalue weighted by molar-refractivity contribution is 4.90. The first-order valence-electron chi connectivity index (χ1n) is 5.20. The standard InChI is InChI=1S/C11H25N2/c1-10(2)7-9(12)8-11(3,4)13(10,5)6/h9H,7-8,12H2,1-6H3/q+1. The second kappa shape index (κ2) is 2.71. The summed E-state index contributed by atoms with van der Waals surface area (Å²) in [7, 11) is 4.65. The van der Waals surface area contributed by atoms with Crippen LogP contribution in [0.25, 0.3) is 0 Å². The minimum Gasteiger partial charge on any atom is -0.327 e. The van der Waals surface area contributed by atoms with Crippen molar-refractivity contribution in [1.29, 1.82) is 0 Å². The molecule has 0 aromatic carbocycles. The molecule has 0 amide bonds. The Morgan fingerprint density at radius 1 is 1.00 bits per heavy atom. The van der Waals surface area contributed by atoms with Crippen LogP contribution in [0.3, 0.4) is 0 Å². The van der Waals surface area contributed by atoms with E-state index in [1.165, 1.54) is 0 Å². The largest absolute Gasteiger partial charge is 0.327 e. The van der Waals surface area contributed by atoms with Gasteiger partial charge in [0, 0.05) is 18.9 Å². The lowest BCUT2D eigenvalue weighted by atomic mass is 9.75. The van der Waals surface area contributed by atoms with E-state index < -0.39 is 0 Å². The molecular formula is C11H25N2+. The lowest BCUT2D eigenvalue weighted by molar-refractivity contribution is -0.987. The quantitative estimate of drug-likeness (QED) is 0.572. The van der Waals surface area contributed by atoms with Crippen LogP contribution in [0, 0.1) is 0 Å². The summed E-state index contributed by atoms with van der Waals surface area (Å²) in [5.41, 5.74) is 6.68. The molecule has 0 aromatic rings. The highest BCUT2D eigenvalue weighted by Crippen LogP contribution is 2.41. The van der Waals surface area contributed by atoms with Gasteiger partial charge in [0.25, 0.3) is 0 Å². The number of hydrogen-bond donors (Lipinski definition) is 1. The van der Waals surface area contributed by atoms with Crippen LogP contribution in [0.1, 0.15) is 40.5 Å². The molecule has 0 atom stereocenters. The van der Waals surface area contributed by atoms with Crippen molar-refractivity contribution in [2.75, 3.05) is 14.1 Å². The van der Waals surface area contributed by atoms with Gasteiger partial charge in [-0.1, -0.05) is 0 Å². The van der Waals surface area contributed by atoms with Gasteiger partial charge in [-0.25, -0.2) is 0 Å². The van der Waals surface area contributed by atoms with Crippen molar-refractivity contribution in [2.24, 2.45) is 5.73 Å². The van der Waals surface area contributed by atoms with Crippen LogP contribution in [0.4, 0.5) is 0 Å². The highest BCUT2D eigenvalue weighted by Gasteiger charge is 2.52. The molecule has 1 rings (SSSR count). The fraction of sp³-hybridized carbons (Fsp3) is 1.00. The van der Waals surface area contributed by atoms with Crippen molar-refractivity contribution in [2.45, 2.75) is 57.7 Å². The van der Waals surface area contributed by atoms with E-state index in [9.17, 15) is 0 Å². The monoisotopic (exact) mass is 185 g/mol. The SMILES string of the molecule is CC1(C)CC(N)CC(C)(C)[N+]1(C)C. The minimum absolute atomic E-state index is 0.293. The van der Waals surface area contributed by atoms with E-state index in [1.54, 1.807) is 0 Å². The van der Waals surface area contributed by atoms with Crippen LogP contribution >= 0.6 is 0 Å². The zero-order valence-electron chi connectivity index (χ0n) is 10.0. The third-order valence-corrected chi connectivity index (χ3v) is 4.55. The number of nitrogens with two attached hydrogens (primary N) is 1. The Kier molecular flexibility index (Phi) is 2.29. The number of likely N-dealkylation sites (tertiary alicyclic amines) is 1. The second-order valence-electron chi connectivity index (χ2n) is 6.25. The third kappa shape index (κ3) is 1.50. The molecule has 2 nitrogen and oxygen atoms in total. The van der Waals surface area contributed by atoms with Crippen molar-refractivity contribution in [3.05, 3.63) is 0 Å². The predicted octanol–water partition coefficient (Wildman–Crippen LogP) is 1.74. The molecule has 0 aliphatic carbocycles. The maximum absolute atomic E-state index is 6.10. The van der Waals surface area contributed by atoms with Gasteiger partial charge in [0.2, 0.25) is 0 Å². The number of rotatable bonds is 0. The van der Waals surface area contributed by atoms with Crippen molar-refractivity contribution >= 4 is 0 Å². The fourth-order valence-electron chi connectivity index (χ4n) is 2.63. The van der Waals surface area contributed by atoms with Gasteiger partial charge in [0.15, 0.2) is 0 Å². The number of nitrogens with zero attached hydrogens (tertiary/aromatic N) is 1. The van der Waals surface area contributed by atoms with Crippen LogP contribution in [0.2, 0.25) is 0 Å². The van der Waals surface area contributed by atoms with E-state index in [2.05, 4.69) is 41.8 Å². The maximum Gasteiger partial charge on any atom is 0.0950 e. The number of quaternary nitrogens is 1. The Morgan fingerprint density at radius 2 is 1.31 bits per heavy atom. The van der Waals surface area contributed by atoms with Crippen molar-refractivity contribution in [3.63, 3.8) is 0 Å². The zero-order chi connectivity index (χ0) is 10.5. The van der Waals surface area contributed by atoms with Gasteiger partial charge in [0.1, 0.15) is 0 Å². The normalized spacial score (nSPS) is 31.6. The van der Waals surface area contributed by atoms with Gasteiger partial charge >= 0.3 is 0 Å². The first kappa shape index (κ1) is 11.0. The first-order chi connectivity index (χ1) is 5.60. The molecule has 2 N–H and O–H groups in total. The van der Waals surface area contributed by atoms with Crippen molar-refractivity contribution in [1.82, 2.24) is 0 Å². The van der Waals surface area contributed by atoms with Crippen LogP contribution in [0.5, 0.6) is 0 Å². The Bertz CT molecular complexity index is 184. The van der Waals surface area contributed by atoms with Gasteiger partial charge in [0.05, 0.1) is 25.2 Å². The summed E-state index contributed by atoms with van der Waals surface area (Å²) in [5, 5.41) is 0. The Morgan fingerprint density at radius 3 is 1.62 bits per heavy atom.